The van der Waals surface area contributed by atoms with Crippen LogP contribution >= 0.6 is 0 Å². The number of hydrogen-bond acceptors (Lipinski definition) is 4. The molecule has 0 bridgehead atoms. The normalized spacial score (nSPS) is 11.8. The van der Waals surface area contributed by atoms with Crippen LogP contribution in [0.15, 0.2) is 167 Å². The monoisotopic (exact) mass is 602 g/mol. The van der Waals surface area contributed by atoms with Crippen molar-refractivity contribution >= 4 is 82.5 Å². The van der Waals surface area contributed by atoms with Crippen LogP contribution in [0, 0.1) is 0 Å². The Morgan fingerprint density at radius 2 is 1.04 bits per heavy atom. The summed E-state index contributed by atoms with van der Waals surface area (Å²) in [4.78, 5) is 6.55. The van der Waals surface area contributed by atoms with Gasteiger partial charge in [-0.05, 0) is 93.3 Å². The Morgan fingerprint density at radius 1 is 0.404 bits per heavy atom. The van der Waals surface area contributed by atoms with Gasteiger partial charge in [0.15, 0.2) is 5.58 Å². The van der Waals surface area contributed by atoms with Crippen molar-refractivity contribution in [2.75, 3.05) is 4.90 Å². The second kappa shape index (κ2) is 10.1. The van der Waals surface area contributed by atoms with Crippen LogP contribution in [-0.4, -0.2) is 4.98 Å². The molecule has 0 amide bonds. The molecule has 0 saturated heterocycles. The fraction of sp³-hybridized carbons (Fsp3) is 0. The van der Waals surface area contributed by atoms with Gasteiger partial charge >= 0.3 is 0 Å². The second-order valence-electron chi connectivity index (χ2n) is 12.0. The highest BCUT2D eigenvalue weighted by atomic mass is 16.3. The van der Waals surface area contributed by atoms with E-state index in [4.69, 9.17) is 8.83 Å². The van der Waals surface area contributed by atoms with E-state index in [1.165, 1.54) is 32.7 Å². The molecule has 3 aromatic heterocycles. The van der Waals surface area contributed by atoms with Gasteiger partial charge in [0.1, 0.15) is 16.7 Å². The van der Waals surface area contributed by atoms with Gasteiger partial charge < -0.3 is 13.7 Å². The summed E-state index contributed by atoms with van der Waals surface area (Å²) < 4.78 is 12.5. The molecule has 0 aliphatic carbocycles. The quantitative estimate of drug-likeness (QED) is 0.188. The van der Waals surface area contributed by atoms with Gasteiger partial charge in [-0.1, -0.05) is 78.9 Å². The molecule has 4 nitrogen and oxygen atoms in total. The predicted octanol–water partition coefficient (Wildman–Crippen LogP) is 12.3. The van der Waals surface area contributed by atoms with Crippen molar-refractivity contribution < 1.29 is 8.83 Å². The van der Waals surface area contributed by atoms with E-state index in [1.54, 1.807) is 6.20 Å². The van der Waals surface area contributed by atoms with Gasteiger partial charge in [0.2, 0.25) is 0 Å². The summed E-state index contributed by atoms with van der Waals surface area (Å²) >= 11 is 0. The van der Waals surface area contributed by atoms with Gasteiger partial charge in [0.05, 0.1) is 6.20 Å². The second-order valence-corrected chi connectivity index (χ2v) is 12.0. The van der Waals surface area contributed by atoms with Gasteiger partial charge in [-0.2, -0.15) is 0 Å². The number of aromatic nitrogens is 1. The minimum atomic E-state index is 0.779. The first-order valence-electron chi connectivity index (χ1n) is 15.8. The van der Waals surface area contributed by atoms with Crippen LogP contribution in [0.3, 0.4) is 0 Å². The lowest BCUT2D eigenvalue weighted by molar-refractivity contribution is 0.666. The summed E-state index contributed by atoms with van der Waals surface area (Å²) in [5.74, 6) is 0. The lowest BCUT2D eigenvalue weighted by atomic mass is 9.93. The van der Waals surface area contributed by atoms with E-state index >= 15 is 0 Å². The fourth-order valence-electron chi connectivity index (χ4n) is 7.14. The van der Waals surface area contributed by atoms with Crippen molar-refractivity contribution in [2.45, 2.75) is 0 Å². The highest BCUT2D eigenvalue weighted by molar-refractivity contribution is 6.14. The molecule has 47 heavy (non-hydrogen) atoms. The molecule has 0 aliphatic rings. The molecule has 0 atom stereocenters. The zero-order valence-corrected chi connectivity index (χ0v) is 25.2. The Labute approximate surface area is 269 Å². The van der Waals surface area contributed by atoms with Gasteiger partial charge in [-0.25, -0.2) is 0 Å². The molecule has 0 N–H and O–H groups in total. The number of anilines is 3. The Kier molecular flexibility index (Phi) is 5.54. The molecule has 3 heterocycles. The van der Waals surface area contributed by atoms with E-state index < -0.39 is 0 Å². The Morgan fingerprint density at radius 3 is 1.94 bits per heavy atom. The summed E-state index contributed by atoms with van der Waals surface area (Å²) in [7, 11) is 0. The molecule has 0 spiro atoms. The van der Waals surface area contributed by atoms with E-state index in [-0.39, 0.29) is 0 Å². The van der Waals surface area contributed by atoms with Crippen molar-refractivity contribution in [3.05, 3.63) is 158 Å². The van der Waals surface area contributed by atoms with Crippen molar-refractivity contribution in [3.8, 4) is 11.1 Å². The van der Waals surface area contributed by atoms with Crippen LogP contribution in [-0.2, 0) is 0 Å². The molecule has 7 aromatic carbocycles. The maximum Gasteiger partial charge on any atom is 0.153 e. The van der Waals surface area contributed by atoms with Crippen LogP contribution in [0.2, 0.25) is 0 Å². The zero-order chi connectivity index (χ0) is 30.9. The van der Waals surface area contributed by atoms with Crippen LogP contribution in [0.25, 0.3) is 76.5 Å². The average molecular weight is 603 g/mol. The third-order valence-electron chi connectivity index (χ3n) is 9.34. The number of pyridine rings is 1. The van der Waals surface area contributed by atoms with E-state index in [1.807, 2.05) is 30.5 Å². The first kappa shape index (κ1) is 25.9. The molecule has 0 saturated carbocycles. The summed E-state index contributed by atoms with van der Waals surface area (Å²) in [5, 5.41) is 9.34. The number of benzene rings is 7. The smallest absolute Gasteiger partial charge is 0.153 e. The molecule has 0 radical (unpaired) electrons. The van der Waals surface area contributed by atoms with E-state index in [9.17, 15) is 0 Å². The largest absolute Gasteiger partial charge is 0.456 e. The molecule has 0 fully saturated rings. The predicted molar refractivity (Wildman–Crippen MR) is 194 cm³/mol. The van der Waals surface area contributed by atoms with Crippen molar-refractivity contribution in [1.29, 1.82) is 0 Å². The molecule has 0 unspecified atom stereocenters. The van der Waals surface area contributed by atoms with E-state index in [0.29, 0.717) is 0 Å². The number of nitrogens with zero attached hydrogens (tertiary/aromatic N) is 2. The van der Waals surface area contributed by atoms with Crippen LogP contribution < -0.4 is 4.90 Å². The van der Waals surface area contributed by atoms with Crippen LogP contribution in [0.1, 0.15) is 0 Å². The van der Waals surface area contributed by atoms with Crippen LogP contribution in [0.4, 0.5) is 17.1 Å². The standard InChI is InChI=1S/C43H26N2O2/c1-2-8-32-28(7-1)23-38(34-10-4-3-9-33(32)34)27-13-15-29(16-14-27)45(30-18-20-41-39(24-30)37-21-22-44-26-43(37)47-41)31-17-19-36-35-11-5-6-12-40(35)46-42(36)25-31/h1-26H. The van der Waals surface area contributed by atoms with Crippen molar-refractivity contribution in [3.63, 3.8) is 0 Å². The minimum Gasteiger partial charge on any atom is -0.456 e. The van der Waals surface area contributed by atoms with Gasteiger partial charge in [-0.15, -0.1) is 0 Å². The number of fused-ring (bicyclic) bond motifs is 9. The lowest BCUT2D eigenvalue weighted by Crippen LogP contribution is -2.09. The van der Waals surface area contributed by atoms with Gasteiger partial charge in [-0.3, -0.25) is 4.98 Å². The average Bonchev–Trinajstić information content (AvgIpc) is 3.69. The topological polar surface area (TPSA) is 42.4 Å². The Bertz CT molecular complexity index is 2810. The summed E-state index contributed by atoms with van der Waals surface area (Å²) in [5.41, 5.74) is 8.83. The molecule has 220 valence electrons. The number of hydrogen-bond donors (Lipinski definition) is 0. The summed E-state index contributed by atoms with van der Waals surface area (Å²) in [6.07, 6.45) is 3.59. The first-order valence-corrected chi connectivity index (χ1v) is 15.8. The third-order valence-corrected chi connectivity index (χ3v) is 9.34. The first-order chi connectivity index (χ1) is 23.3. The highest BCUT2D eigenvalue weighted by Gasteiger charge is 2.18. The van der Waals surface area contributed by atoms with E-state index in [2.05, 4.69) is 131 Å². The maximum absolute atomic E-state index is 6.33. The third kappa shape index (κ3) is 4.05. The van der Waals surface area contributed by atoms with E-state index in [0.717, 1.165) is 60.9 Å². The Hall–Kier alpha value is -6.39. The minimum absolute atomic E-state index is 0.779. The molecule has 10 rings (SSSR count). The van der Waals surface area contributed by atoms with Gasteiger partial charge in [0, 0.05) is 50.9 Å². The highest BCUT2D eigenvalue weighted by Crippen LogP contribution is 2.42. The summed E-state index contributed by atoms with van der Waals surface area (Å²) in [6, 6.07) is 51.6. The summed E-state index contributed by atoms with van der Waals surface area (Å²) in [6.45, 7) is 0. The molecular weight excluding hydrogens is 576 g/mol. The van der Waals surface area contributed by atoms with Gasteiger partial charge in [0.25, 0.3) is 0 Å². The number of furan rings is 2. The van der Waals surface area contributed by atoms with Crippen molar-refractivity contribution in [2.24, 2.45) is 0 Å². The molecule has 0 aliphatic heterocycles. The van der Waals surface area contributed by atoms with Crippen LogP contribution in [0.5, 0.6) is 0 Å². The lowest BCUT2D eigenvalue weighted by Gasteiger charge is -2.26. The SMILES string of the molecule is c1ccc2c(c1)cc(-c1ccc(N(c3ccc4c(c3)oc3ccccc34)c3ccc4oc5cnccc5c4c3)cc1)c1ccccc12. The zero-order valence-electron chi connectivity index (χ0n) is 25.2. The maximum atomic E-state index is 6.33. The fourth-order valence-corrected chi connectivity index (χ4v) is 7.14. The van der Waals surface area contributed by atoms with Crippen molar-refractivity contribution in [1.82, 2.24) is 4.98 Å². The molecule has 4 heteroatoms. The number of para-hydroxylation sites is 1. The Balaban J connectivity index is 1.16. The molecular formula is C43H26N2O2. The number of rotatable bonds is 4. The molecule has 10 aromatic rings.